The fourth-order valence-electron chi connectivity index (χ4n) is 5.10. The van der Waals surface area contributed by atoms with E-state index in [2.05, 4.69) is 43.1 Å². The zero-order chi connectivity index (χ0) is 21.0. The standard InChI is InChI=1S/C25H27N3O2/c1-4-16(3)27-14-22(29)28-21(25(27)30)13-19-18-11-7-8-12-20(18)26-23(19)24(28)17-10-6-5-9-15(17)2/h5-12,16,21,24,26H,4,13-14H2,1-3H3/t16-,21+,24+/m1/s1. The van der Waals surface area contributed by atoms with Gasteiger partial charge in [-0.25, -0.2) is 0 Å². The summed E-state index contributed by atoms with van der Waals surface area (Å²) >= 11 is 0. The first-order valence-electron chi connectivity index (χ1n) is 10.8. The van der Waals surface area contributed by atoms with E-state index in [-0.39, 0.29) is 30.4 Å². The zero-order valence-corrected chi connectivity index (χ0v) is 17.7. The van der Waals surface area contributed by atoms with Crippen LogP contribution in [-0.4, -0.2) is 45.2 Å². The Morgan fingerprint density at radius 2 is 1.83 bits per heavy atom. The Balaban J connectivity index is 1.72. The Labute approximate surface area is 176 Å². The van der Waals surface area contributed by atoms with E-state index in [0.717, 1.165) is 39.7 Å². The van der Waals surface area contributed by atoms with Gasteiger partial charge in [-0.1, -0.05) is 49.4 Å². The number of aromatic amines is 1. The van der Waals surface area contributed by atoms with Gasteiger partial charge in [-0.05, 0) is 43.0 Å². The number of nitrogens with one attached hydrogen (secondary N) is 1. The van der Waals surface area contributed by atoms with Crippen LogP contribution in [0.25, 0.3) is 10.9 Å². The van der Waals surface area contributed by atoms with E-state index in [4.69, 9.17) is 0 Å². The Morgan fingerprint density at radius 1 is 1.10 bits per heavy atom. The fraction of sp³-hybridized carbons (Fsp3) is 0.360. The van der Waals surface area contributed by atoms with E-state index in [1.807, 2.05) is 36.1 Å². The molecular formula is C25H27N3O2. The normalized spacial score (nSPS) is 22.2. The highest BCUT2D eigenvalue weighted by molar-refractivity contribution is 5.97. The van der Waals surface area contributed by atoms with Crippen LogP contribution in [0, 0.1) is 6.92 Å². The van der Waals surface area contributed by atoms with E-state index in [1.165, 1.54) is 0 Å². The van der Waals surface area contributed by atoms with E-state index < -0.39 is 6.04 Å². The number of amides is 2. The van der Waals surface area contributed by atoms with Crippen LogP contribution in [0.2, 0.25) is 0 Å². The molecule has 5 heteroatoms. The maximum atomic E-state index is 13.6. The molecule has 0 radical (unpaired) electrons. The maximum absolute atomic E-state index is 13.6. The van der Waals surface area contributed by atoms with E-state index >= 15 is 0 Å². The summed E-state index contributed by atoms with van der Waals surface area (Å²) in [5, 5.41) is 1.15. The summed E-state index contributed by atoms with van der Waals surface area (Å²) in [7, 11) is 0. The second kappa shape index (κ2) is 7.01. The molecule has 5 nitrogen and oxygen atoms in total. The zero-order valence-electron chi connectivity index (χ0n) is 17.7. The van der Waals surface area contributed by atoms with Gasteiger partial charge >= 0.3 is 0 Å². The lowest BCUT2D eigenvalue weighted by atomic mass is 9.84. The number of piperazine rings is 1. The number of carbonyl (C=O) groups excluding carboxylic acids is 2. The summed E-state index contributed by atoms with van der Waals surface area (Å²) in [6.07, 6.45) is 1.39. The summed E-state index contributed by atoms with van der Waals surface area (Å²) in [6.45, 7) is 6.31. The van der Waals surface area contributed by atoms with Crippen molar-refractivity contribution in [3.63, 3.8) is 0 Å². The molecule has 1 N–H and O–H groups in total. The number of benzene rings is 2. The van der Waals surface area contributed by atoms with Crippen LogP contribution < -0.4 is 0 Å². The monoisotopic (exact) mass is 401 g/mol. The van der Waals surface area contributed by atoms with Crippen molar-refractivity contribution >= 4 is 22.7 Å². The van der Waals surface area contributed by atoms with Gasteiger partial charge in [-0.15, -0.1) is 0 Å². The van der Waals surface area contributed by atoms with Crippen LogP contribution in [0.15, 0.2) is 48.5 Å². The topological polar surface area (TPSA) is 56.4 Å². The Kier molecular flexibility index (Phi) is 4.42. The Hall–Kier alpha value is -3.08. The highest BCUT2D eigenvalue weighted by Crippen LogP contribution is 2.43. The maximum Gasteiger partial charge on any atom is 0.246 e. The number of H-pyrrole nitrogens is 1. The minimum Gasteiger partial charge on any atom is -0.356 e. The molecule has 2 amide bonds. The number of fused-ring (bicyclic) bond motifs is 4. The molecule has 5 rings (SSSR count). The summed E-state index contributed by atoms with van der Waals surface area (Å²) in [5.74, 6) is 0.0934. The fourth-order valence-corrected chi connectivity index (χ4v) is 5.10. The first kappa shape index (κ1) is 18.9. The average Bonchev–Trinajstić information content (AvgIpc) is 3.13. The average molecular weight is 402 g/mol. The third-order valence-corrected chi connectivity index (χ3v) is 6.90. The second-order valence-electron chi connectivity index (χ2n) is 8.57. The van der Waals surface area contributed by atoms with Crippen molar-refractivity contribution in [2.45, 2.75) is 51.7 Å². The van der Waals surface area contributed by atoms with Gasteiger partial charge < -0.3 is 14.8 Å². The van der Waals surface area contributed by atoms with Crippen LogP contribution in [-0.2, 0) is 16.0 Å². The van der Waals surface area contributed by atoms with E-state index in [1.54, 1.807) is 4.90 Å². The smallest absolute Gasteiger partial charge is 0.246 e. The first-order valence-corrected chi connectivity index (χ1v) is 10.8. The molecule has 0 saturated carbocycles. The summed E-state index contributed by atoms with van der Waals surface area (Å²) in [5.41, 5.74) is 5.46. The summed E-state index contributed by atoms with van der Waals surface area (Å²) < 4.78 is 0. The molecule has 30 heavy (non-hydrogen) atoms. The highest BCUT2D eigenvalue weighted by atomic mass is 16.2. The summed E-state index contributed by atoms with van der Waals surface area (Å²) in [6, 6.07) is 15.7. The lowest BCUT2D eigenvalue weighted by Gasteiger charge is -2.48. The van der Waals surface area contributed by atoms with Crippen molar-refractivity contribution in [2.24, 2.45) is 0 Å². The third-order valence-electron chi connectivity index (χ3n) is 6.90. The number of nitrogens with zero attached hydrogens (tertiary/aromatic N) is 2. The molecule has 0 bridgehead atoms. The van der Waals surface area contributed by atoms with Crippen LogP contribution in [0.3, 0.4) is 0 Å². The van der Waals surface area contributed by atoms with Crippen LogP contribution >= 0.6 is 0 Å². The lowest BCUT2D eigenvalue weighted by molar-refractivity contribution is -0.160. The molecule has 2 aromatic carbocycles. The molecule has 3 heterocycles. The van der Waals surface area contributed by atoms with Crippen molar-refractivity contribution in [3.8, 4) is 0 Å². The molecule has 3 atom stereocenters. The van der Waals surface area contributed by atoms with Gasteiger partial charge in [-0.3, -0.25) is 9.59 Å². The molecule has 3 aromatic rings. The van der Waals surface area contributed by atoms with Crippen molar-refractivity contribution in [1.82, 2.24) is 14.8 Å². The largest absolute Gasteiger partial charge is 0.356 e. The van der Waals surface area contributed by atoms with Crippen LogP contribution in [0.1, 0.15) is 48.7 Å². The van der Waals surface area contributed by atoms with Crippen molar-refractivity contribution < 1.29 is 9.59 Å². The van der Waals surface area contributed by atoms with Crippen molar-refractivity contribution in [1.29, 1.82) is 0 Å². The van der Waals surface area contributed by atoms with Gasteiger partial charge in [0.2, 0.25) is 11.8 Å². The third kappa shape index (κ3) is 2.68. The molecule has 1 aromatic heterocycles. The van der Waals surface area contributed by atoms with Gasteiger partial charge in [-0.2, -0.15) is 0 Å². The molecule has 0 unspecified atom stereocenters. The predicted octanol–water partition coefficient (Wildman–Crippen LogP) is 3.96. The molecule has 0 spiro atoms. The van der Waals surface area contributed by atoms with Gasteiger partial charge in [0.1, 0.15) is 12.6 Å². The number of carbonyl (C=O) groups is 2. The predicted molar refractivity (Wildman–Crippen MR) is 117 cm³/mol. The molecular weight excluding hydrogens is 374 g/mol. The van der Waals surface area contributed by atoms with Gasteiger partial charge in [0.05, 0.1) is 6.04 Å². The second-order valence-corrected chi connectivity index (χ2v) is 8.57. The molecule has 0 aliphatic carbocycles. The van der Waals surface area contributed by atoms with Crippen molar-refractivity contribution in [3.05, 3.63) is 70.9 Å². The van der Waals surface area contributed by atoms with Crippen LogP contribution in [0.5, 0.6) is 0 Å². The van der Waals surface area contributed by atoms with Gasteiger partial charge in [0, 0.05) is 29.1 Å². The number of hydrogen-bond acceptors (Lipinski definition) is 2. The molecule has 2 aliphatic heterocycles. The Bertz CT molecular complexity index is 1150. The minimum atomic E-state index is -0.462. The van der Waals surface area contributed by atoms with Gasteiger partial charge in [0.15, 0.2) is 0 Å². The Morgan fingerprint density at radius 3 is 2.60 bits per heavy atom. The molecule has 2 aliphatic rings. The molecule has 1 saturated heterocycles. The highest BCUT2D eigenvalue weighted by Gasteiger charge is 2.49. The van der Waals surface area contributed by atoms with E-state index in [9.17, 15) is 9.59 Å². The van der Waals surface area contributed by atoms with Crippen molar-refractivity contribution in [2.75, 3.05) is 6.54 Å². The number of para-hydroxylation sites is 1. The molecule has 154 valence electrons. The van der Waals surface area contributed by atoms with Gasteiger partial charge in [0.25, 0.3) is 0 Å². The quantitative estimate of drug-likeness (QED) is 0.722. The minimum absolute atomic E-state index is 0.0254. The lowest BCUT2D eigenvalue weighted by Crippen LogP contribution is -2.64. The van der Waals surface area contributed by atoms with E-state index in [0.29, 0.717) is 6.42 Å². The number of aromatic nitrogens is 1. The molecule has 1 fully saturated rings. The number of hydrogen-bond donors (Lipinski definition) is 1. The SMILES string of the molecule is CC[C@@H](C)N1CC(=O)N2[C@@H](c3ccccc3C)c3[nH]c4ccccc4c3C[C@H]2C1=O. The number of aryl methyl sites for hydroxylation is 1. The number of rotatable bonds is 3. The van der Waals surface area contributed by atoms with Crippen LogP contribution in [0.4, 0.5) is 0 Å². The summed E-state index contributed by atoms with van der Waals surface area (Å²) in [4.78, 5) is 34.2. The first-order chi connectivity index (χ1) is 14.5.